The van der Waals surface area contributed by atoms with Gasteiger partial charge in [-0.2, -0.15) is 13.2 Å². The molecule has 7 nitrogen and oxygen atoms in total. The molecular weight excluding hydrogens is 507 g/mol. The van der Waals surface area contributed by atoms with Gasteiger partial charge in [-0.1, -0.05) is 0 Å². The molecule has 0 spiro atoms. The molecule has 2 heterocycles. The lowest BCUT2D eigenvalue weighted by molar-refractivity contribution is -0.141. The Morgan fingerprint density at radius 1 is 1.11 bits per heavy atom. The number of hydrogen-bond donors (Lipinski definition) is 2. The molecule has 1 fully saturated rings. The van der Waals surface area contributed by atoms with Crippen molar-refractivity contribution in [1.82, 2.24) is 10.3 Å². The highest BCUT2D eigenvalue weighted by Crippen LogP contribution is 2.32. The number of carbonyl (C=O) groups is 1. The standard InChI is InChI=1S/C23H25F5N4O3S/c1-14(16-12-17(24)21(18(25)13-16)31-36(2,34)35)29-20(33)9-7-15-6-8-19(23(26,27)28)30-22(15)32-10-4-3-5-11-32/h6-9,12-14,31H,3-5,10-11H2,1-2H3,(H,29,33)/b9-7+/t14-/m1/s1. The SMILES string of the molecule is C[C@@H](NC(=O)/C=C/c1ccc(C(F)(F)F)nc1N1CCCCC1)c1cc(F)c(NS(C)(=O)=O)c(F)c1. The molecule has 0 bridgehead atoms. The van der Waals surface area contributed by atoms with Gasteiger partial charge < -0.3 is 10.2 Å². The van der Waals surface area contributed by atoms with Crippen LogP contribution in [0.4, 0.5) is 33.5 Å². The van der Waals surface area contributed by atoms with Crippen LogP contribution in [0.2, 0.25) is 0 Å². The van der Waals surface area contributed by atoms with Crippen molar-refractivity contribution in [3.63, 3.8) is 0 Å². The van der Waals surface area contributed by atoms with Crippen molar-refractivity contribution in [1.29, 1.82) is 0 Å². The van der Waals surface area contributed by atoms with Crippen LogP contribution in [0.25, 0.3) is 6.08 Å². The molecule has 13 heteroatoms. The van der Waals surface area contributed by atoms with Gasteiger partial charge in [0.25, 0.3) is 0 Å². The summed E-state index contributed by atoms with van der Waals surface area (Å²) >= 11 is 0. The zero-order valence-corrected chi connectivity index (χ0v) is 20.3. The number of anilines is 2. The van der Waals surface area contributed by atoms with Crippen LogP contribution in [0.5, 0.6) is 0 Å². The molecule has 0 unspecified atom stereocenters. The van der Waals surface area contributed by atoms with Gasteiger partial charge in [-0.15, -0.1) is 0 Å². The lowest BCUT2D eigenvalue weighted by Gasteiger charge is -2.29. The van der Waals surface area contributed by atoms with Crippen molar-refractivity contribution >= 4 is 33.5 Å². The normalized spacial score (nSPS) is 15.7. The Labute approximate surface area is 205 Å². The molecule has 36 heavy (non-hydrogen) atoms. The van der Waals surface area contributed by atoms with Crippen LogP contribution < -0.4 is 14.9 Å². The summed E-state index contributed by atoms with van der Waals surface area (Å²) in [5.74, 6) is -2.85. The summed E-state index contributed by atoms with van der Waals surface area (Å²) in [6.07, 6.45) is 1.15. The van der Waals surface area contributed by atoms with Crippen molar-refractivity contribution in [2.24, 2.45) is 0 Å². The van der Waals surface area contributed by atoms with E-state index in [2.05, 4.69) is 10.3 Å². The first-order valence-electron chi connectivity index (χ1n) is 11.0. The summed E-state index contributed by atoms with van der Waals surface area (Å²) in [5.41, 5.74) is -1.51. The number of pyridine rings is 1. The third kappa shape index (κ3) is 7.15. The zero-order chi connectivity index (χ0) is 26.7. The molecule has 3 rings (SSSR count). The molecule has 0 saturated carbocycles. The number of aromatic nitrogens is 1. The zero-order valence-electron chi connectivity index (χ0n) is 19.5. The average molecular weight is 533 g/mol. The summed E-state index contributed by atoms with van der Waals surface area (Å²) in [6.45, 7) is 2.54. The summed E-state index contributed by atoms with van der Waals surface area (Å²) in [4.78, 5) is 18.0. The highest BCUT2D eigenvalue weighted by atomic mass is 32.2. The van der Waals surface area contributed by atoms with E-state index >= 15 is 0 Å². The van der Waals surface area contributed by atoms with Crippen LogP contribution in [0, 0.1) is 11.6 Å². The molecule has 1 aliphatic heterocycles. The maximum Gasteiger partial charge on any atom is 0.433 e. The smallest absolute Gasteiger partial charge is 0.356 e. The number of amides is 1. The molecule has 1 amide bonds. The van der Waals surface area contributed by atoms with Crippen LogP contribution in [0.3, 0.4) is 0 Å². The highest BCUT2D eigenvalue weighted by Gasteiger charge is 2.33. The Hall–Kier alpha value is -3.22. The minimum atomic E-state index is -4.61. The van der Waals surface area contributed by atoms with E-state index in [9.17, 15) is 35.2 Å². The van der Waals surface area contributed by atoms with Gasteiger partial charge in [-0.05, 0) is 62.1 Å². The molecule has 1 aliphatic rings. The van der Waals surface area contributed by atoms with Crippen LogP contribution >= 0.6 is 0 Å². The predicted molar refractivity (Wildman–Crippen MR) is 126 cm³/mol. The Balaban J connectivity index is 1.78. The number of carbonyl (C=O) groups excluding carboxylic acids is 1. The lowest BCUT2D eigenvalue weighted by atomic mass is 10.1. The molecule has 2 aromatic rings. The number of benzene rings is 1. The monoisotopic (exact) mass is 532 g/mol. The van der Waals surface area contributed by atoms with Gasteiger partial charge in [0, 0.05) is 24.7 Å². The van der Waals surface area contributed by atoms with E-state index in [1.54, 1.807) is 9.62 Å². The average Bonchev–Trinajstić information content (AvgIpc) is 2.79. The van der Waals surface area contributed by atoms with E-state index in [1.807, 2.05) is 0 Å². The minimum absolute atomic E-state index is 0.0380. The summed E-state index contributed by atoms with van der Waals surface area (Å²) in [7, 11) is -3.91. The number of sulfonamides is 1. The third-order valence-electron chi connectivity index (χ3n) is 5.48. The van der Waals surface area contributed by atoms with Crippen molar-refractivity contribution in [2.45, 2.75) is 38.4 Å². The van der Waals surface area contributed by atoms with E-state index in [4.69, 9.17) is 0 Å². The highest BCUT2D eigenvalue weighted by molar-refractivity contribution is 7.92. The van der Waals surface area contributed by atoms with Crippen molar-refractivity contribution < 1.29 is 35.2 Å². The fourth-order valence-electron chi connectivity index (χ4n) is 3.74. The molecule has 1 aromatic heterocycles. The number of halogens is 5. The van der Waals surface area contributed by atoms with E-state index in [1.165, 1.54) is 19.1 Å². The molecule has 196 valence electrons. The van der Waals surface area contributed by atoms with Crippen LogP contribution in [0.1, 0.15) is 49.0 Å². The van der Waals surface area contributed by atoms with Gasteiger partial charge in [-0.25, -0.2) is 22.2 Å². The molecule has 0 radical (unpaired) electrons. The van der Waals surface area contributed by atoms with Crippen LogP contribution in [-0.4, -0.2) is 38.7 Å². The van der Waals surface area contributed by atoms with Gasteiger partial charge in [0.2, 0.25) is 15.9 Å². The minimum Gasteiger partial charge on any atom is -0.356 e. The Morgan fingerprint density at radius 2 is 1.72 bits per heavy atom. The lowest BCUT2D eigenvalue weighted by Crippen LogP contribution is -2.31. The number of nitrogens with one attached hydrogen (secondary N) is 2. The van der Waals surface area contributed by atoms with E-state index < -0.39 is 51.2 Å². The van der Waals surface area contributed by atoms with Gasteiger partial charge >= 0.3 is 6.18 Å². The van der Waals surface area contributed by atoms with Crippen LogP contribution in [-0.2, 0) is 21.0 Å². The van der Waals surface area contributed by atoms with E-state index in [-0.39, 0.29) is 11.4 Å². The second-order valence-electron chi connectivity index (χ2n) is 8.45. The predicted octanol–water partition coefficient (Wildman–Crippen LogP) is 4.63. The molecule has 0 aliphatic carbocycles. The number of rotatable bonds is 7. The summed E-state index contributed by atoms with van der Waals surface area (Å²) in [6, 6.07) is 2.99. The fraction of sp³-hybridized carbons (Fsp3) is 0.391. The quantitative estimate of drug-likeness (QED) is 0.401. The second kappa shape index (κ2) is 10.8. The summed E-state index contributed by atoms with van der Waals surface area (Å²) in [5, 5.41) is 2.51. The largest absolute Gasteiger partial charge is 0.433 e. The molecule has 1 atom stereocenters. The number of hydrogen-bond acceptors (Lipinski definition) is 5. The maximum absolute atomic E-state index is 14.3. The Morgan fingerprint density at radius 3 is 2.28 bits per heavy atom. The van der Waals surface area contributed by atoms with Gasteiger partial charge in [0.15, 0.2) is 11.6 Å². The topological polar surface area (TPSA) is 91.4 Å². The number of alkyl halides is 3. The first-order valence-corrected chi connectivity index (χ1v) is 12.9. The fourth-order valence-corrected chi connectivity index (χ4v) is 4.31. The third-order valence-corrected chi connectivity index (χ3v) is 6.05. The van der Waals surface area contributed by atoms with E-state index in [0.717, 1.165) is 49.8 Å². The number of piperidine rings is 1. The maximum atomic E-state index is 14.3. The molecule has 1 aromatic carbocycles. The first-order chi connectivity index (χ1) is 16.7. The van der Waals surface area contributed by atoms with Gasteiger partial charge in [0.1, 0.15) is 17.2 Å². The van der Waals surface area contributed by atoms with Gasteiger partial charge in [0.05, 0.1) is 12.3 Å². The Bertz CT molecular complexity index is 1240. The van der Waals surface area contributed by atoms with Crippen molar-refractivity contribution in [3.05, 3.63) is 58.8 Å². The summed E-state index contributed by atoms with van der Waals surface area (Å²) < 4.78 is 92.4. The van der Waals surface area contributed by atoms with Crippen molar-refractivity contribution in [3.8, 4) is 0 Å². The molecule has 2 N–H and O–H groups in total. The van der Waals surface area contributed by atoms with Crippen molar-refractivity contribution in [2.75, 3.05) is 29.0 Å². The Kier molecular flexibility index (Phi) is 8.22. The second-order valence-corrected chi connectivity index (χ2v) is 10.2. The van der Waals surface area contributed by atoms with Crippen LogP contribution in [0.15, 0.2) is 30.3 Å². The number of nitrogens with zero attached hydrogens (tertiary/aromatic N) is 2. The van der Waals surface area contributed by atoms with Gasteiger partial charge in [-0.3, -0.25) is 9.52 Å². The first kappa shape index (κ1) is 27.4. The molecule has 1 saturated heterocycles. The molecular formula is C23H25F5N4O3S. The van der Waals surface area contributed by atoms with E-state index in [0.29, 0.717) is 18.7 Å².